The first kappa shape index (κ1) is 23.5. The van der Waals surface area contributed by atoms with Crippen molar-refractivity contribution in [2.24, 2.45) is 5.92 Å². The number of hydrogen-bond acceptors (Lipinski definition) is 6. The number of benzene rings is 2. The molecule has 1 aromatic heterocycles. The molecule has 0 saturated carbocycles. The molecule has 0 spiro atoms. The highest BCUT2D eigenvalue weighted by Gasteiger charge is 2.34. The van der Waals surface area contributed by atoms with Gasteiger partial charge in [-0.15, -0.1) is 0 Å². The molecule has 8 heteroatoms. The smallest absolute Gasteiger partial charge is 0.408 e. The molecule has 1 fully saturated rings. The Bertz CT molecular complexity index is 1180. The highest BCUT2D eigenvalue weighted by molar-refractivity contribution is 5.86. The van der Waals surface area contributed by atoms with Crippen LogP contribution in [0.5, 0.6) is 0 Å². The third-order valence-electron chi connectivity index (χ3n) is 5.92. The van der Waals surface area contributed by atoms with E-state index in [1.807, 2.05) is 18.2 Å². The van der Waals surface area contributed by atoms with Gasteiger partial charge in [-0.1, -0.05) is 36.4 Å². The topological polar surface area (TPSA) is 105 Å². The third-order valence-corrected chi connectivity index (χ3v) is 5.92. The molecule has 178 valence electrons. The molecule has 0 radical (unpaired) electrons. The summed E-state index contributed by atoms with van der Waals surface area (Å²) in [5.41, 5.74) is 1.17. The number of nitrogens with one attached hydrogen (secondary N) is 1. The zero-order valence-electron chi connectivity index (χ0n) is 19.7. The second-order valence-electron chi connectivity index (χ2n) is 9.59. The Morgan fingerprint density at radius 3 is 2.47 bits per heavy atom. The van der Waals surface area contributed by atoms with Crippen LogP contribution >= 0.6 is 0 Å². The van der Waals surface area contributed by atoms with Gasteiger partial charge in [-0.25, -0.2) is 19.6 Å². The lowest BCUT2D eigenvalue weighted by Crippen LogP contribution is -2.50. The van der Waals surface area contributed by atoms with E-state index in [1.54, 1.807) is 27.0 Å². The summed E-state index contributed by atoms with van der Waals surface area (Å²) in [4.78, 5) is 35.3. The molecule has 4 rings (SSSR count). The van der Waals surface area contributed by atoms with Gasteiger partial charge < -0.3 is 20.1 Å². The fourth-order valence-electron chi connectivity index (χ4n) is 4.26. The number of carbonyl (C=O) groups excluding carboxylic acids is 1. The molecule has 0 aliphatic carbocycles. The summed E-state index contributed by atoms with van der Waals surface area (Å²) in [5.74, 6) is -0.639. The van der Waals surface area contributed by atoms with E-state index in [1.165, 1.54) is 5.39 Å². The van der Waals surface area contributed by atoms with Crippen LogP contribution in [0.1, 0.15) is 33.6 Å². The number of anilines is 1. The normalized spacial score (nSPS) is 15.7. The van der Waals surface area contributed by atoms with Gasteiger partial charge in [-0.05, 0) is 62.4 Å². The van der Waals surface area contributed by atoms with Gasteiger partial charge in [0.1, 0.15) is 11.6 Å². The number of fused-ring (bicyclic) bond motifs is 1. The summed E-state index contributed by atoms with van der Waals surface area (Å²) >= 11 is 0. The summed E-state index contributed by atoms with van der Waals surface area (Å²) < 4.78 is 5.24. The minimum absolute atomic E-state index is 0.204. The molecule has 1 saturated heterocycles. The summed E-state index contributed by atoms with van der Waals surface area (Å²) in [6, 6.07) is 15.4. The molecule has 3 aromatic rings. The number of ether oxygens (including phenoxy) is 1. The Kier molecular flexibility index (Phi) is 6.68. The van der Waals surface area contributed by atoms with Crippen LogP contribution in [0.3, 0.4) is 0 Å². The SMILES string of the molecule is CC(C)(C)OC(=O)NC(C(=O)O)C1CCN(c2nccc(-c3ccc4ccccc4c3)n2)CC1. The Morgan fingerprint density at radius 2 is 1.79 bits per heavy atom. The monoisotopic (exact) mass is 462 g/mol. The van der Waals surface area contributed by atoms with Crippen molar-refractivity contribution in [1.82, 2.24) is 15.3 Å². The number of hydrogen-bond donors (Lipinski definition) is 2. The predicted octanol–water partition coefficient (Wildman–Crippen LogP) is 4.49. The molecule has 2 aromatic carbocycles. The quantitative estimate of drug-likeness (QED) is 0.575. The second kappa shape index (κ2) is 9.67. The number of rotatable bonds is 5. The standard InChI is InChI=1S/C26H30N4O4/c1-26(2,3)34-25(33)29-22(23(31)32)18-11-14-30(15-12-18)24-27-13-10-21(28-24)20-9-8-17-6-4-5-7-19(17)16-20/h4-10,13,16,18,22H,11-12,14-15H2,1-3H3,(H,29,33)(H,31,32). The fourth-order valence-corrected chi connectivity index (χ4v) is 4.26. The number of carboxylic acids is 1. The first-order chi connectivity index (χ1) is 16.2. The number of carbonyl (C=O) groups is 2. The van der Waals surface area contributed by atoms with Crippen LogP contribution in [0.15, 0.2) is 54.7 Å². The van der Waals surface area contributed by atoms with Crippen molar-refractivity contribution in [2.45, 2.75) is 45.3 Å². The van der Waals surface area contributed by atoms with Gasteiger partial charge in [-0.3, -0.25) is 0 Å². The number of carboxylic acid groups (broad SMARTS) is 1. The molecule has 1 aliphatic rings. The molecule has 1 atom stereocenters. The van der Waals surface area contributed by atoms with Gasteiger partial charge in [0.2, 0.25) is 5.95 Å². The first-order valence-electron chi connectivity index (χ1n) is 11.5. The van der Waals surface area contributed by atoms with E-state index in [2.05, 4.69) is 45.5 Å². The second-order valence-corrected chi connectivity index (χ2v) is 9.59. The molecule has 2 N–H and O–H groups in total. The largest absolute Gasteiger partial charge is 0.480 e. The van der Waals surface area contributed by atoms with Gasteiger partial charge in [0.25, 0.3) is 0 Å². The van der Waals surface area contributed by atoms with E-state index in [-0.39, 0.29) is 5.92 Å². The summed E-state index contributed by atoms with van der Waals surface area (Å²) in [7, 11) is 0. The van der Waals surface area contributed by atoms with Gasteiger partial charge in [-0.2, -0.15) is 0 Å². The molecule has 0 bridgehead atoms. The Morgan fingerprint density at radius 1 is 1.09 bits per heavy atom. The lowest BCUT2D eigenvalue weighted by molar-refractivity contribution is -0.141. The average Bonchev–Trinajstić information content (AvgIpc) is 2.81. The molecule has 2 heterocycles. The van der Waals surface area contributed by atoms with E-state index in [0.29, 0.717) is 31.9 Å². The van der Waals surface area contributed by atoms with Crippen LogP contribution in [0.2, 0.25) is 0 Å². The van der Waals surface area contributed by atoms with Crippen LogP contribution < -0.4 is 10.2 Å². The highest BCUT2D eigenvalue weighted by Crippen LogP contribution is 2.27. The molecule has 1 unspecified atom stereocenters. The minimum atomic E-state index is -1.06. The summed E-state index contributed by atoms with van der Waals surface area (Å²) in [6.07, 6.45) is 2.23. The van der Waals surface area contributed by atoms with Crippen molar-refractivity contribution in [1.29, 1.82) is 0 Å². The lowest BCUT2D eigenvalue weighted by Gasteiger charge is -2.35. The number of piperidine rings is 1. The van der Waals surface area contributed by atoms with Gasteiger partial charge in [0.15, 0.2) is 0 Å². The van der Waals surface area contributed by atoms with E-state index in [0.717, 1.165) is 16.6 Å². The van der Waals surface area contributed by atoms with Crippen LogP contribution in [0.4, 0.5) is 10.7 Å². The predicted molar refractivity (Wildman–Crippen MR) is 131 cm³/mol. The number of alkyl carbamates (subject to hydrolysis) is 1. The number of aromatic nitrogens is 2. The van der Waals surface area contributed by atoms with E-state index in [4.69, 9.17) is 9.72 Å². The average molecular weight is 463 g/mol. The van der Waals surface area contributed by atoms with Crippen molar-refractivity contribution < 1.29 is 19.4 Å². The van der Waals surface area contributed by atoms with Crippen molar-refractivity contribution in [2.75, 3.05) is 18.0 Å². The van der Waals surface area contributed by atoms with Crippen LogP contribution in [-0.2, 0) is 9.53 Å². The van der Waals surface area contributed by atoms with Crippen LogP contribution in [0, 0.1) is 5.92 Å². The van der Waals surface area contributed by atoms with Gasteiger partial charge in [0.05, 0.1) is 5.69 Å². The van der Waals surface area contributed by atoms with E-state index >= 15 is 0 Å². The molecule has 34 heavy (non-hydrogen) atoms. The number of amides is 1. The molecular weight excluding hydrogens is 432 g/mol. The van der Waals surface area contributed by atoms with E-state index in [9.17, 15) is 14.7 Å². The maximum atomic E-state index is 12.1. The molecule has 1 amide bonds. The first-order valence-corrected chi connectivity index (χ1v) is 11.5. The fraction of sp³-hybridized carbons (Fsp3) is 0.385. The van der Waals surface area contributed by atoms with Crippen molar-refractivity contribution >= 4 is 28.8 Å². The lowest BCUT2D eigenvalue weighted by atomic mass is 9.89. The molecule has 8 nitrogen and oxygen atoms in total. The third kappa shape index (κ3) is 5.62. The Hall–Kier alpha value is -3.68. The maximum absolute atomic E-state index is 12.1. The summed E-state index contributed by atoms with van der Waals surface area (Å²) in [6.45, 7) is 6.43. The zero-order chi connectivity index (χ0) is 24.3. The highest BCUT2D eigenvalue weighted by atomic mass is 16.6. The zero-order valence-corrected chi connectivity index (χ0v) is 19.7. The van der Waals surface area contributed by atoms with Gasteiger partial charge >= 0.3 is 12.1 Å². The van der Waals surface area contributed by atoms with Crippen molar-refractivity contribution in [3.8, 4) is 11.3 Å². The Balaban J connectivity index is 1.43. The maximum Gasteiger partial charge on any atom is 0.408 e. The van der Waals surface area contributed by atoms with Crippen LogP contribution in [0.25, 0.3) is 22.0 Å². The molecular formula is C26H30N4O4. The number of aliphatic carboxylic acids is 1. The van der Waals surface area contributed by atoms with Crippen LogP contribution in [-0.4, -0.2) is 51.9 Å². The molecule has 1 aliphatic heterocycles. The van der Waals surface area contributed by atoms with Crippen molar-refractivity contribution in [3.05, 3.63) is 54.7 Å². The van der Waals surface area contributed by atoms with Gasteiger partial charge in [0, 0.05) is 24.8 Å². The summed E-state index contributed by atoms with van der Waals surface area (Å²) in [5, 5.41) is 14.5. The Labute approximate surface area is 199 Å². The number of nitrogens with zero attached hydrogens (tertiary/aromatic N) is 3. The van der Waals surface area contributed by atoms with Crippen molar-refractivity contribution in [3.63, 3.8) is 0 Å². The minimum Gasteiger partial charge on any atom is -0.480 e. The van der Waals surface area contributed by atoms with E-state index < -0.39 is 23.7 Å².